The number of hydrogen-bond acceptors (Lipinski definition) is 6. The van der Waals surface area contributed by atoms with Crippen molar-refractivity contribution in [1.82, 2.24) is 16.0 Å². The van der Waals surface area contributed by atoms with Gasteiger partial charge in [0.05, 0.1) is 12.6 Å². The van der Waals surface area contributed by atoms with Crippen LogP contribution in [0, 0.1) is 5.92 Å². The third-order valence-electron chi connectivity index (χ3n) is 3.76. The number of aliphatic hydroxyl groups excluding tert-OH is 1. The van der Waals surface area contributed by atoms with Crippen molar-refractivity contribution in [3.63, 3.8) is 0 Å². The van der Waals surface area contributed by atoms with E-state index in [-0.39, 0.29) is 5.92 Å². The molecule has 0 rings (SSSR count). The van der Waals surface area contributed by atoms with E-state index in [1.807, 2.05) is 0 Å². The highest BCUT2D eigenvalue weighted by Crippen LogP contribution is 2.08. The molecule has 0 aromatic heterocycles. The normalized spacial score (nSPS) is 16.7. The first-order valence-electron chi connectivity index (χ1n) is 8.05. The lowest BCUT2D eigenvalue weighted by molar-refractivity contribution is -0.143. The van der Waals surface area contributed by atoms with Gasteiger partial charge in [-0.3, -0.25) is 14.4 Å². The molecule has 0 spiro atoms. The van der Waals surface area contributed by atoms with Crippen molar-refractivity contribution in [3.8, 4) is 0 Å². The van der Waals surface area contributed by atoms with Crippen LogP contribution in [-0.4, -0.2) is 64.7 Å². The minimum absolute atomic E-state index is 0.292. The lowest BCUT2D eigenvalue weighted by Gasteiger charge is -2.24. The largest absolute Gasteiger partial charge is 0.480 e. The molecule has 0 aromatic rings. The lowest BCUT2D eigenvalue weighted by Crippen LogP contribution is -2.57. The van der Waals surface area contributed by atoms with Gasteiger partial charge in [-0.15, -0.1) is 0 Å². The van der Waals surface area contributed by atoms with Crippen LogP contribution < -0.4 is 21.7 Å². The second kappa shape index (κ2) is 10.6. The molecule has 0 aliphatic rings. The van der Waals surface area contributed by atoms with Crippen molar-refractivity contribution >= 4 is 23.7 Å². The smallest absolute Gasteiger partial charge is 0.326 e. The first-order valence-corrected chi connectivity index (χ1v) is 8.05. The molecule has 25 heavy (non-hydrogen) atoms. The SMILES string of the molecule is CCC(C)C(NC(=O)C(C)NC(=O)C(CO)NC(=O)C(C)N)C(=O)O. The summed E-state index contributed by atoms with van der Waals surface area (Å²) in [5.74, 6) is -3.56. The van der Waals surface area contributed by atoms with Gasteiger partial charge < -0.3 is 31.9 Å². The summed E-state index contributed by atoms with van der Waals surface area (Å²) in [6.45, 7) is 5.59. The fourth-order valence-corrected chi connectivity index (χ4v) is 1.84. The molecule has 3 amide bonds. The van der Waals surface area contributed by atoms with E-state index in [1.54, 1.807) is 13.8 Å². The predicted octanol–water partition coefficient (Wildman–Crippen LogP) is -2.07. The zero-order valence-corrected chi connectivity index (χ0v) is 14.9. The number of aliphatic hydroxyl groups is 1. The average Bonchev–Trinajstić information content (AvgIpc) is 2.55. The van der Waals surface area contributed by atoms with Gasteiger partial charge in [0.25, 0.3) is 0 Å². The van der Waals surface area contributed by atoms with Crippen molar-refractivity contribution in [2.24, 2.45) is 11.7 Å². The van der Waals surface area contributed by atoms with Gasteiger partial charge in [-0.25, -0.2) is 4.79 Å². The minimum Gasteiger partial charge on any atom is -0.480 e. The highest BCUT2D eigenvalue weighted by atomic mass is 16.4. The lowest BCUT2D eigenvalue weighted by atomic mass is 9.99. The van der Waals surface area contributed by atoms with Crippen molar-refractivity contribution in [3.05, 3.63) is 0 Å². The van der Waals surface area contributed by atoms with Gasteiger partial charge in [-0.2, -0.15) is 0 Å². The summed E-state index contributed by atoms with van der Waals surface area (Å²) >= 11 is 0. The van der Waals surface area contributed by atoms with Crippen LogP contribution in [0.15, 0.2) is 0 Å². The van der Waals surface area contributed by atoms with Gasteiger partial charge in [0.15, 0.2) is 0 Å². The van der Waals surface area contributed by atoms with Crippen molar-refractivity contribution < 1.29 is 29.4 Å². The Labute approximate surface area is 146 Å². The second-order valence-corrected chi connectivity index (χ2v) is 5.97. The van der Waals surface area contributed by atoms with E-state index in [2.05, 4.69) is 16.0 Å². The summed E-state index contributed by atoms with van der Waals surface area (Å²) in [5, 5.41) is 25.3. The molecule has 5 atom stereocenters. The molecule has 0 bridgehead atoms. The second-order valence-electron chi connectivity index (χ2n) is 5.97. The Balaban J connectivity index is 4.80. The zero-order valence-electron chi connectivity index (χ0n) is 14.9. The predicted molar refractivity (Wildman–Crippen MR) is 89.3 cm³/mol. The van der Waals surface area contributed by atoms with Crippen molar-refractivity contribution in [1.29, 1.82) is 0 Å². The summed E-state index contributed by atoms with van der Waals surface area (Å²) in [6.07, 6.45) is 0.549. The van der Waals surface area contributed by atoms with Crippen molar-refractivity contribution in [2.75, 3.05) is 6.61 Å². The minimum atomic E-state index is -1.27. The number of carbonyl (C=O) groups excluding carboxylic acids is 3. The maximum absolute atomic E-state index is 12.1. The van der Waals surface area contributed by atoms with E-state index in [9.17, 15) is 29.4 Å². The topological polar surface area (TPSA) is 171 Å². The maximum atomic E-state index is 12.1. The van der Waals surface area contributed by atoms with Gasteiger partial charge in [0, 0.05) is 0 Å². The summed E-state index contributed by atoms with van der Waals surface area (Å²) in [6, 6.07) is -4.27. The third-order valence-corrected chi connectivity index (χ3v) is 3.76. The van der Waals surface area contributed by atoms with E-state index in [0.717, 1.165) is 0 Å². The first-order chi connectivity index (χ1) is 11.5. The quantitative estimate of drug-likeness (QED) is 0.260. The molecule has 144 valence electrons. The third kappa shape index (κ3) is 7.48. The Morgan fingerprint density at radius 1 is 0.960 bits per heavy atom. The molecular weight excluding hydrogens is 332 g/mol. The fraction of sp³-hybridized carbons (Fsp3) is 0.733. The standard InChI is InChI=1S/C15H28N4O6/c1-5-7(2)11(15(24)25)19-13(22)9(4)17-14(23)10(6-20)18-12(21)8(3)16/h7-11,20H,5-6,16H2,1-4H3,(H,17,23)(H,18,21)(H,19,22)(H,24,25). The van der Waals surface area contributed by atoms with Crippen LogP contribution in [-0.2, 0) is 19.2 Å². The van der Waals surface area contributed by atoms with Gasteiger partial charge >= 0.3 is 5.97 Å². The van der Waals surface area contributed by atoms with Crippen molar-refractivity contribution in [2.45, 2.75) is 58.3 Å². The molecule has 0 heterocycles. The van der Waals surface area contributed by atoms with Crippen LogP contribution in [0.1, 0.15) is 34.1 Å². The Bertz CT molecular complexity index is 496. The highest BCUT2D eigenvalue weighted by molar-refractivity contribution is 5.93. The summed E-state index contributed by atoms with van der Waals surface area (Å²) < 4.78 is 0. The fourth-order valence-electron chi connectivity index (χ4n) is 1.84. The van der Waals surface area contributed by atoms with Gasteiger partial charge in [-0.1, -0.05) is 20.3 Å². The maximum Gasteiger partial charge on any atom is 0.326 e. The molecular formula is C15H28N4O6. The molecule has 0 saturated heterocycles. The number of hydrogen-bond donors (Lipinski definition) is 6. The van der Waals surface area contributed by atoms with Gasteiger partial charge in [0.2, 0.25) is 17.7 Å². The number of nitrogens with two attached hydrogens (primary N) is 1. The first kappa shape index (κ1) is 22.8. The number of aliphatic carboxylic acids is 1. The highest BCUT2D eigenvalue weighted by Gasteiger charge is 2.29. The summed E-state index contributed by atoms with van der Waals surface area (Å²) in [7, 11) is 0. The number of carboxylic acid groups (broad SMARTS) is 1. The molecule has 0 aliphatic heterocycles. The van der Waals surface area contributed by atoms with Crippen LogP contribution in [0.25, 0.3) is 0 Å². The van der Waals surface area contributed by atoms with Crippen LogP contribution in [0.5, 0.6) is 0 Å². The van der Waals surface area contributed by atoms with E-state index < -0.39 is 54.5 Å². The monoisotopic (exact) mass is 360 g/mol. The molecule has 5 unspecified atom stereocenters. The Kier molecular flexibility index (Phi) is 9.69. The molecule has 0 saturated carbocycles. The molecule has 10 nitrogen and oxygen atoms in total. The Morgan fingerprint density at radius 3 is 1.92 bits per heavy atom. The van der Waals surface area contributed by atoms with Crippen LogP contribution in [0.3, 0.4) is 0 Å². The number of amides is 3. The number of carbonyl (C=O) groups is 4. The molecule has 0 aliphatic carbocycles. The van der Waals surface area contributed by atoms with Crippen LogP contribution in [0.2, 0.25) is 0 Å². The molecule has 0 radical (unpaired) electrons. The number of nitrogens with one attached hydrogen (secondary N) is 3. The number of rotatable bonds is 10. The van der Waals surface area contributed by atoms with Gasteiger partial charge in [0.1, 0.15) is 18.1 Å². The van der Waals surface area contributed by atoms with E-state index >= 15 is 0 Å². The molecule has 0 aromatic carbocycles. The molecule has 7 N–H and O–H groups in total. The average molecular weight is 360 g/mol. The summed E-state index contributed by atoms with van der Waals surface area (Å²) in [4.78, 5) is 46.8. The zero-order chi connectivity index (χ0) is 19.7. The Hall–Kier alpha value is -2.20. The van der Waals surface area contributed by atoms with Crippen LogP contribution in [0.4, 0.5) is 0 Å². The molecule has 10 heteroatoms. The van der Waals surface area contributed by atoms with E-state index in [0.29, 0.717) is 6.42 Å². The van der Waals surface area contributed by atoms with E-state index in [4.69, 9.17) is 5.73 Å². The Morgan fingerprint density at radius 2 is 1.52 bits per heavy atom. The molecule has 0 fully saturated rings. The van der Waals surface area contributed by atoms with Gasteiger partial charge in [-0.05, 0) is 19.8 Å². The van der Waals surface area contributed by atoms with Crippen LogP contribution >= 0.6 is 0 Å². The van der Waals surface area contributed by atoms with E-state index in [1.165, 1.54) is 13.8 Å². The number of carboxylic acids is 1. The summed E-state index contributed by atoms with van der Waals surface area (Å²) in [5.41, 5.74) is 5.37.